The van der Waals surface area contributed by atoms with Crippen LogP contribution in [0.2, 0.25) is 0 Å². The molecule has 30 heavy (non-hydrogen) atoms. The zero-order valence-electron chi connectivity index (χ0n) is 17.2. The van der Waals surface area contributed by atoms with Crippen molar-refractivity contribution in [2.24, 2.45) is 0 Å². The molecule has 4 aromatic rings. The molecular weight excluding hydrogens is 366 g/mol. The second-order valence-corrected chi connectivity index (χ2v) is 8.35. The average Bonchev–Trinajstić information content (AvgIpc) is 2.82. The fourth-order valence-corrected chi connectivity index (χ4v) is 5.18. The molecule has 2 heterocycles. The second-order valence-electron chi connectivity index (χ2n) is 8.35. The smallest absolute Gasteiger partial charge is 0.180 e. The molecular formula is C28H25NO. The molecule has 2 nitrogen and oxygen atoms in total. The van der Waals surface area contributed by atoms with E-state index in [2.05, 4.69) is 96.8 Å². The lowest BCUT2D eigenvalue weighted by Gasteiger charge is -2.46. The van der Waals surface area contributed by atoms with E-state index in [1.807, 2.05) is 0 Å². The van der Waals surface area contributed by atoms with Gasteiger partial charge in [0.2, 0.25) is 0 Å². The van der Waals surface area contributed by atoms with Gasteiger partial charge >= 0.3 is 0 Å². The molecule has 6 rings (SSSR count). The summed E-state index contributed by atoms with van der Waals surface area (Å²) >= 11 is 0. The molecule has 2 aliphatic heterocycles. The molecule has 2 aliphatic rings. The summed E-state index contributed by atoms with van der Waals surface area (Å²) in [6, 6.07) is 31.2. The number of fused-ring (bicyclic) bond motifs is 6. The highest BCUT2D eigenvalue weighted by Crippen LogP contribution is 2.49. The molecule has 0 bridgehead atoms. The Labute approximate surface area is 177 Å². The van der Waals surface area contributed by atoms with E-state index in [-0.39, 0.29) is 12.3 Å². The van der Waals surface area contributed by atoms with Gasteiger partial charge in [-0.15, -0.1) is 0 Å². The molecule has 0 N–H and O–H groups in total. The van der Waals surface area contributed by atoms with E-state index >= 15 is 0 Å². The second kappa shape index (κ2) is 7.00. The van der Waals surface area contributed by atoms with Gasteiger partial charge in [-0.3, -0.25) is 4.90 Å². The Bertz CT molecular complexity index is 1230. The summed E-state index contributed by atoms with van der Waals surface area (Å²) in [7, 11) is 0. The zero-order valence-corrected chi connectivity index (χ0v) is 17.2. The van der Waals surface area contributed by atoms with E-state index in [0.29, 0.717) is 0 Å². The van der Waals surface area contributed by atoms with E-state index < -0.39 is 0 Å². The van der Waals surface area contributed by atoms with Gasteiger partial charge in [0, 0.05) is 17.7 Å². The quantitative estimate of drug-likeness (QED) is 0.390. The third-order valence-corrected chi connectivity index (χ3v) is 6.74. The van der Waals surface area contributed by atoms with Crippen LogP contribution in [0.5, 0.6) is 5.75 Å². The summed E-state index contributed by atoms with van der Waals surface area (Å²) in [6.45, 7) is 3.20. The number of benzene rings is 4. The minimum absolute atomic E-state index is 0.0422. The highest BCUT2D eigenvalue weighted by Gasteiger charge is 2.41. The van der Waals surface area contributed by atoms with Crippen LogP contribution in [-0.4, -0.2) is 11.4 Å². The van der Waals surface area contributed by atoms with Crippen molar-refractivity contribution in [2.45, 2.75) is 32.0 Å². The Kier molecular flexibility index (Phi) is 4.14. The van der Waals surface area contributed by atoms with Crippen LogP contribution in [0.4, 0.5) is 0 Å². The van der Waals surface area contributed by atoms with E-state index in [1.165, 1.54) is 38.6 Å². The first-order chi connectivity index (χ1) is 14.8. The van der Waals surface area contributed by atoms with E-state index in [4.69, 9.17) is 4.74 Å². The van der Waals surface area contributed by atoms with Gasteiger partial charge in [-0.05, 0) is 46.4 Å². The molecule has 0 fully saturated rings. The Morgan fingerprint density at radius 1 is 0.867 bits per heavy atom. The summed E-state index contributed by atoms with van der Waals surface area (Å²) in [4.78, 5) is 2.55. The van der Waals surface area contributed by atoms with Crippen LogP contribution in [0.1, 0.15) is 47.0 Å². The van der Waals surface area contributed by atoms with Gasteiger partial charge in [0.1, 0.15) is 5.75 Å². The molecule has 4 aromatic carbocycles. The summed E-state index contributed by atoms with van der Waals surface area (Å²) in [5, 5.41) is 2.56. The number of nitrogens with zero attached hydrogens (tertiary/aromatic N) is 1. The number of aryl methyl sites for hydroxylation is 1. The molecule has 2 heteroatoms. The minimum atomic E-state index is -0.0422. The lowest BCUT2D eigenvalue weighted by atomic mass is 9.86. The third-order valence-electron chi connectivity index (χ3n) is 6.74. The maximum Gasteiger partial charge on any atom is 0.180 e. The van der Waals surface area contributed by atoms with Crippen LogP contribution in [0.25, 0.3) is 10.8 Å². The van der Waals surface area contributed by atoms with Gasteiger partial charge < -0.3 is 4.74 Å². The van der Waals surface area contributed by atoms with Gasteiger partial charge in [-0.1, -0.05) is 85.8 Å². The van der Waals surface area contributed by atoms with Gasteiger partial charge in [-0.25, -0.2) is 0 Å². The molecule has 0 aliphatic carbocycles. The molecule has 0 amide bonds. The predicted molar refractivity (Wildman–Crippen MR) is 122 cm³/mol. The fourth-order valence-electron chi connectivity index (χ4n) is 5.18. The molecule has 0 saturated heterocycles. The summed E-state index contributed by atoms with van der Waals surface area (Å²) in [5.41, 5.74) is 6.73. The highest BCUT2D eigenvalue weighted by atomic mass is 16.5. The molecule has 0 saturated carbocycles. The Balaban J connectivity index is 1.59. The van der Waals surface area contributed by atoms with Crippen LogP contribution in [0, 0.1) is 0 Å². The molecule has 0 radical (unpaired) electrons. The molecule has 0 unspecified atom stereocenters. The summed E-state index contributed by atoms with van der Waals surface area (Å²) < 4.78 is 6.69. The fraction of sp³-hybridized carbons (Fsp3) is 0.214. The van der Waals surface area contributed by atoms with Crippen molar-refractivity contribution in [1.29, 1.82) is 0 Å². The van der Waals surface area contributed by atoms with Crippen LogP contribution >= 0.6 is 0 Å². The van der Waals surface area contributed by atoms with Gasteiger partial charge in [0.05, 0.1) is 6.04 Å². The van der Waals surface area contributed by atoms with E-state index in [1.54, 1.807) is 0 Å². The molecule has 2 atom stereocenters. The summed E-state index contributed by atoms with van der Waals surface area (Å²) in [5.74, 6) is 1.01. The SMILES string of the molecule is CCc1ccc([C@@H]2c3c(ccc4ccccc34)O[C@H]3c4ccccc4CCN23)cc1. The number of rotatable bonds is 2. The van der Waals surface area contributed by atoms with Crippen LogP contribution in [0.15, 0.2) is 84.9 Å². The number of hydrogen-bond acceptors (Lipinski definition) is 2. The largest absolute Gasteiger partial charge is 0.470 e. The first-order valence-corrected chi connectivity index (χ1v) is 10.9. The monoisotopic (exact) mass is 391 g/mol. The van der Waals surface area contributed by atoms with Gasteiger partial charge in [0.15, 0.2) is 6.23 Å². The average molecular weight is 392 g/mol. The van der Waals surface area contributed by atoms with Crippen molar-refractivity contribution in [2.75, 3.05) is 6.54 Å². The normalized spacial score (nSPS) is 20.2. The van der Waals surface area contributed by atoms with Crippen molar-refractivity contribution >= 4 is 10.8 Å². The maximum absolute atomic E-state index is 6.69. The van der Waals surface area contributed by atoms with Crippen LogP contribution in [0.3, 0.4) is 0 Å². The number of ether oxygens (including phenoxy) is 1. The maximum atomic E-state index is 6.69. The van der Waals surface area contributed by atoms with Crippen molar-refractivity contribution < 1.29 is 4.74 Å². The highest BCUT2D eigenvalue weighted by molar-refractivity contribution is 5.89. The third kappa shape index (κ3) is 2.68. The van der Waals surface area contributed by atoms with E-state index in [9.17, 15) is 0 Å². The van der Waals surface area contributed by atoms with Crippen LogP contribution < -0.4 is 4.74 Å². The molecule has 0 spiro atoms. The van der Waals surface area contributed by atoms with E-state index in [0.717, 1.165) is 25.1 Å². The Morgan fingerprint density at radius 2 is 1.67 bits per heavy atom. The summed E-state index contributed by atoms with van der Waals surface area (Å²) in [6.07, 6.45) is 2.08. The topological polar surface area (TPSA) is 12.5 Å². The first kappa shape index (κ1) is 17.7. The lowest BCUT2D eigenvalue weighted by Crippen LogP contribution is -2.44. The molecule has 148 valence electrons. The van der Waals surface area contributed by atoms with Crippen molar-refractivity contribution in [3.8, 4) is 5.75 Å². The van der Waals surface area contributed by atoms with Gasteiger partial charge in [0.25, 0.3) is 0 Å². The van der Waals surface area contributed by atoms with Crippen molar-refractivity contribution in [3.05, 3.63) is 113 Å². The number of hydrogen-bond donors (Lipinski definition) is 0. The predicted octanol–water partition coefficient (Wildman–Crippen LogP) is 6.44. The minimum Gasteiger partial charge on any atom is -0.470 e. The Hall–Kier alpha value is -3.10. The lowest BCUT2D eigenvalue weighted by molar-refractivity contribution is -0.0260. The van der Waals surface area contributed by atoms with Crippen LogP contribution in [-0.2, 0) is 12.8 Å². The molecule has 0 aromatic heterocycles. The standard InChI is InChI=1S/C28H25NO/c1-2-19-11-13-22(14-12-19)27-26-23-9-5-3-7-20(23)15-16-25(26)30-28-24-10-6-4-8-21(24)17-18-29(27)28/h3-16,27-28H,2,17-18H2,1H3/t27-,28+/m1/s1. The first-order valence-electron chi connectivity index (χ1n) is 10.9. The van der Waals surface area contributed by atoms with Gasteiger partial charge in [-0.2, -0.15) is 0 Å². The van der Waals surface area contributed by atoms with Crippen molar-refractivity contribution in [3.63, 3.8) is 0 Å². The zero-order chi connectivity index (χ0) is 20.1. The Morgan fingerprint density at radius 3 is 2.53 bits per heavy atom. The van der Waals surface area contributed by atoms with Crippen molar-refractivity contribution in [1.82, 2.24) is 4.90 Å².